The minimum Gasteiger partial charge on any atom is -0.389 e. The fraction of sp³-hybridized carbons (Fsp3) is 0.571. The third kappa shape index (κ3) is 8.21. The Labute approximate surface area is 123 Å². The van der Waals surface area contributed by atoms with Crippen LogP contribution >= 0.6 is 15.9 Å². The van der Waals surface area contributed by atoms with Gasteiger partial charge in [-0.2, -0.15) is 0 Å². The lowest BCUT2D eigenvalue weighted by Crippen LogP contribution is -2.25. The Hall–Kier alpha value is -0.620. The first kappa shape index (κ1) is 16.4. The van der Waals surface area contributed by atoms with Crippen LogP contribution in [0.15, 0.2) is 28.7 Å². The molecule has 0 aliphatic carbocycles. The summed E-state index contributed by atoms with van der Waals surface area (Å²) >= 11 is 3.38. The second-order valence-corrected chi connectivity index (χ2v) is 5.45. The molecule has 1 unspecified atom stereocenters. The standard InChI is InChI=1S/C14H22BrNO3/c1-11(2)19-8-7-18-10-14(17)9-16-13-5-3-12(15)4-6-13/h3-6,11,14,16-17H,7-10H2,1-2H3. The highest BCUT2D eigenvalue weighted by Crippen LogP contribution is 2.13. The smallest absolute Gasteiger partial charge is 0.0945 e. The van der Waals surface area contributed by atoms with Gasteiger partial charge in [0, 0.05) is 16.7 Å². The molecule has 1 rings (SSSR count). The summed E-state index contributed by atoms with van der Waals surface area (Å²) < 4.78 is 11.7. The van der Waals surface area contributed by atoms with Crippen LogP contribution in [0.5, 0.6) is 0 Å². The van der Waals surface area contributed by atoms with E-state index >= 15 is 0 Å². The largest absolute Gasteiger partial charge is 0.389 e. The van der Waals surface area contributed by atoms with Gasteiger partial charge in [-0.3, -0.25) is 0 Å². The Kier molecular flexibility index (Phi) is 8.05. The van der Waals surface area contributed by atoms with Crippen LogP contribution < -0.4 is 5.32 Å². The number of anilines is 1. The average molecular weight is 332 g/mol. The molecule has 0 bridgehead atoms. The third-order valence-electron chi connectivity index (χ3n) is 2.38. The van der Waals surface area contributed by atoms with Gasteiger partial charge in [-0.1, -0.05) is 15.9 Å². The van der Waals surface area contributed by atoms with Gasteiger partial charge in [-0.25, -0.2) is 0 Å². The lowest BCUT2D eigenvalue weighted by atomic mass is 10.3. The topological polar surface area (TPSA) is 50.7 Å². The highest BCUT2D eigenvalue weighted by atomic mass is 79.9. The van der Waals surface area contributed by atoms with E-state index in [4.69, 9.17) is 9.47 Å². The Morgan fingerprint density at radius 1 is 1.21 bits per heavy atom. The van der Waals surface area contributed by atoms with Crippen molar-refractivity contribution in [3.05, 3.63) is 28.7 Å². The monoisotopic (exact) mass is 331 g/mol. The first-order valence-corrected chi connectivity index (χ1v) is 7.24. The zero-order chi connectivity index (χ0) is 14.1. The summed E-state index contributed by atoms with van der Waals surface area (Å²) in [6.07, 6.45) is -0.310. The van der Waals surface area contributed by atoms with Gasteiger partial charge >= 0.3 is 0 Å². The van der Waals surface area contributed by atoms with Crippen LogP contribution in [0.2, 0.25) is 0 Å². The molecule has 0 aromatic heterocycles. The van der Waals surface area contributed by atoms with Crippen molar-refractivity contribution in [2.75, 3.05) is 31.7 Å². The SMILES string of the molecule is CC(C)OCCOCC(O)CNc1ccc(Br)cc1. The Morgan fingerprint density at radius 2 is 1.89 bits per heavy atom. The Morgan fingerprint density at radius 3 is 2.53 bits per heavy atom. The summed E-state index contributed by atoms with van der Waals surface area (Å²) in [6.45, 7) is 5.81. The van der Waals surface area contributed by atoms with Crippen molar-refractivity contribution in [3.8, 4) is 0 Å². The molecule has 5 heteroatoms. The van der Waals surface area contributed by atoms with Crippen molar-refractivity contribution in [1.82, 2.24) is 0 Å². The van der Waals surface area contributed by atoms with Crippen LogP contribution in [0.25, 0.3) is 0 Å². The van der Waals surface area contributed by atoms with E-state index in [2.05, 4.69) is 21.2 Å². The van der Waals surface area contributed by atoms with Gasteiger partial charge < -0.3 is 19.9 Å². The van der Waals surface area contributed by atoms with Crippen molar-refractivity contribution in [1.29, 1.82) is 0 Å². The molecular weight excluding hydrogens is 310 g/mol. The zero-order valence-electron chi connectivity index (χ0n) is 11.4. The van der Waals surface area contributed by atoms with Gasteiger partial charge in [-0.15, -0.1) is 0 Å². The molecule has 1 atom stereocenters. The number of halogens is 1. The molecule has 108 valence electrons. The summed E-state index contributed by atoms with van der Waals surface area (Å²) in [4.78, 5) is 0. The number of ether oxygens (including phenoxy) is 2. The van der Waals surface area contributed by atoms with E-state index < -0.39 is 6.10 Å². The predicted molar refractivity (Wildman–Crippen MR) is 80.5 cm³/mol. The maximum absolute atomic E-state index is 9.74. The number of rotatable bonds is 9. The first-order valence-electron chi connectivity index (χ1n) is 6.45. The van der Waals surface area contributed by atoms with Gasteiger partial charge in [0.2, 0.25) is 0 Å². The predicted octanol–water partition coefficient (Wildman–Crippen LogP) is 2.66. The molecule has 0 spiro atoms. The normalized spacial score (nSPS) is 12.7. The van der Waals surface area contributed by atoms with Crippen LogP contribution in [-0.2, 0) is 9.47 Å². The van der Waals surface area contributed by atoms with Crippen molar-refractivity contribution in [2.24, 2.45) is 0 Å². The maximum Gasteiger partial charge on any atom is 0.0945 e. The Balaban J connectivity index is 2.07. The van der Waals surface area contributed by atoms with Crippen molar-refractivity contribution < 1.29 is 14.6 Å². The Bertz CT molecular complexity index is 343. The highest BCUT2D eigenvalue weighted by molar-refractivity contribution is 9.10. The molecule has 0 fully saturated rings. The summed E-state index contributed by atoms with van der Waals surface area (Å²) in [5.41, 5.74) is 0.977. The lowest BCUT2D eigenvalue weighted by molar-refractivity contribution is -0.00734. The maximum atomic E-state index is 9.74. The average Bonchev–Trinajstić information content (AvgIpc) is 2.37. The van der Waals surface area contributed by atoms with Gasteiger partial charge in [0.15, 0.2) is 0 Å². The summed E-state index contributed by atoms with van der Waals surface area (Å²) in [6, 6.07) is 7.81. The minimum absolute atomic E-state index is 0.215. The van der Waals surface area contributed by atoms with E-state index in [9.17, 15) is 5.11 Å². The molecule has 0 radical (unpaired) electrons. The summed E-state index contributed by atoms with van der Waals surface area (Å²) in [7, 11) is 0. The lowest BCUT2D eigenvalue weighted by Gasteiger charge is -2.14. The van der Waals surface area contributed by atoms with Crippen LogP contribution in [0.3, 0.4) is 0 Å². The van der Waals surface area contributed by atoms with Gasteiger partial charge in [0.05, 0.1) is 32.0 Å². The van der Waals surface area contributed by atoms with Gasteiger partial charge in [-0.05, 0) is 38.1 Å². The fourth-order valence-corrected chi connectivity index (χ4v) is 1.69. The molecule has 19 heavy (non-hydrogen) atoms. The third-order valence-corrected chi connectivity index (χ3v) is 2.90. The molecule has 0 amide bonds. The van der Waals surface area contributed by atoms with Crippen molar-refractivity contribution >= 4 is 21.6 Å². The highest BCUT2D eigenvalue weighted by Gasteiger charge is 2.04. The van der Waals surface area contributed by atoms with Crippen LogP contribution in [-0.4, -0.2) is 43.7 Å². The minimum atomic E-state index is -0.525. The molecule has 1 aromatic rings. The van der Waals surface area contributed by atoms with E-state index in [-0.39, 0.29) is 6.10 Å². The van der Waals surface area contributed by atoms with E-state index in [1.807, 2.05) is 38.1 Å². The van der Waals surface area contributed by atoms with Crippen LogP contribution in [0, 0.1) is 0 Å². The number of hydrogen-bond donors (Lipinski definition) is 2. The second-order valence-electron chi connectivity index (χ2n) is 4.54. The number of hydrogen-bond acceptors (Lipinski definition) is 4. The molecule has 2 N–H and O–H groups in total. The molecule has 0 aliphatic rings. The molecule has 0 heterocycles. The van der Waals surface area contributed by atoms with Gasteiger partial charge in [0.25, 0.3) is 0 Å². The van der Waals surface area contributed by atoms with Crippen molar-refractivity contribution in [2.45, 2.75) is 26.1 Å². The molecule has 0 aliphatic heterocycles. The number of aliphatic hydroxyl groups is 1. The summed E-state index contributed by atoms with van der Waals surface area (Å²) in [5, 5.41) is 12.9. The van der Waals surface area contributed by atoms with E-state index in [0.717, 1.165) is 10.2 Å². The van der Waals surface area contributed by atoms with Crippen LogP contribution in [0.4, 0.5) is 5.69 Å². The zero-order valence-corrected chi connectivity index (χ0v) is 13.0. The molecule has 0 saturated carbocycles. The summed E-state index contributed by atoms with van der Waals surface area (Å²) in [5.74, 6) is 0. The molecule has 0 saturated heterocycles. The number of nitrogens with one attached hydrogen (secondary N) is 1. The van der Waals surface area contributed by atoms with E-state index in [0.29, 0.717) is 26.4 Å². The van der Waals surface area contributed by atoms with Crippen molar-refractivity contribution in [3.63, 3.8) is 0 Å². The first-order chi connectivity index (χ1) is 9.08. The second kappa shape index (κ2) is 9.31. The number of aliphatic hydroxyl groups excluding tert-OH is 1. The van der Waals surface area contributed by atoms with Crippen LogP contribution in [0.1, 0.15) is 13.8 Å². The molecule has 4 nitrogen and oxygen atoms in total. The van der Waals surface area contributed by atoms with E-state index in [1.165, 1.54) is 0 Å². The quantitative estimate of drug-likeness (QED) is 0.683. The van der Waals surface area contributed by atoms with Gasteiger partial charge in [0.1, 0.15) is 0 Å². The fourth-order valence-electron chi connectivity index (χ4n) is 1.42. The number of benzene rings is 1. The van der Waals surface area contributed by atoms with E-state index in [1.54, 1.807) is 0 Å². The molecular formula is C14H22BrNO3. The molecule has 1 aromatic carbocycles.